The van der Waals surface area contributed by atoms with Crippen molar-refractivity contribution in [3.8, 4) is 11.1 Å². The summed E-state index contributed by atoms with van der Waals surface area (Å²) in [6.07, 6.45) is 4.23. The first-order chi connectivity index (χ1) is 7.72. The molecule has 0 amide bonds. The molecule has 2 heteroatoms. The summed E-state index contributed by atoms with van der Waals surface area (Å²) >= 11 is 1.85. The maximum Gasteiger partial charge on any atom is 0.0339 e. The lowest BCUT2D eigenvalue weighted by Crippen LogP contribution is -1.86. The van der Waals surface area contributed by atoms with E-state index in [0.717, 1.165) is 5.75 Å². The third-order valence-corrected chi connectivity index (χ3v) is 3.37. The summed E-state index contributed by atoms with van der Waals surface area (Å²) in [5, 5.41) is 0. The third-order valence-electron chi connectivity index (χ3n) is 2.79. The molecule has 1 heterocycles. The number of benzene rings is 1. The Bertz CT molecular complexity index is 468. The molecule has 0 saturated heterocycles. The number of aryl methyl sites for hydroxylation is 2. The number of nitrogens with one attached hydrogen (secondary N) is 1. The molecule has 0 unspecified atom stereocenters. The Hall–Kier alpha value is -1.15. The van der Waals surface area contributed by atoms with Crippen molar-refractivity contribution in [1.29, 1.82) is 0 Å². The molecule has 0 bridgehead atoms. The highest BCUT2D eigenvalue weighted by atomic mass is 32.2. The van der Waals surface area contributed by atoms with E-state index in [9.17, 15) is 0 Å². The second-order valence-electron chi connectivity index (χ2n) is 4.12. The zero-order valence-corrected chi connectivity index (χ0v) is 10.8. The molecule has 0 spiro atoms. The minimum absolute atomic E-state index is 1.04. The van der Waals surface area contributed by atoms with Gasteiger partial charge in [-0.15, -0.1) is 0 Å². The number of hydrogen-bond acceptors (Lipinski definition) is 1. The van der Waals surface area contributed by atoms with Gasteiger partial charge in [-0.3, -0.25) is 0 Å². The van der Waals surface area contributed by atoms with Crippen LogP contribution in [-0.2, 0) is 5.75 Å². The van der Waals surface area contributed by atoms with E-state index in [-0.39, 0.29) is 0 Å². The summed E-state index contributed by atoms with van der Waals surface area (Å²) in [4.78, 5) is 3.37. The van der Waals surface area contributed by atoms with Crippen molar-refractivity contribution in [2.45, 2.75) is 19.6 Å². The summed E-state index contributed by atoms with van der Waals surface area (Å²) in [6, 6.07) is 8.75. The van der Waals surface area contributed by atoms with Crippen molar-refractivity contribution < 1.29 is 0 Å². The Morgan fingerprint density at radius 1 is 1.12 bits per heavy atom. The van der Waals surface area contributed by atoms with Crippen molar-refractivity contribution in [3.05, 3.63) is 47.3 Å². The van der Waals surface area contributed by atoms with Gasteiger partial charge >= 0.3 is 0 Å². The zero-order valence-electron chi connectivity index (χ0n) is 10.0. The van der Waals surface area contributed by atoms with Gasteiger partial charge in [0.25, 0.3) is 0 Å². The Morgan fingerprint density at radius 2 is 1.81 bits per heavy atom. The fourth-order valence-electron chi connectivity index (χ4n) is 1.96. The van der Waals surface area contributed by atoms with Gasteiger partial charge in [-0.25, -0.2) is 0 Å². The van der Waals surface area contributed by atoms with Crippen molar-refractivity contribution >= 4 is 11.8 Å². The lowest BCUT2D eigenvalue weighted by atomic mass is 10.0. The summed E-state index contributed by atoms with van der Waals surface area (Å²) in [6.45, 7) is 4.28. The lowest BCUT2D eigenvalue weighted by molar-refractivity contribution is 1.24. The van der Waals surface area contributed by atoms with E-state index in [1.165, 1.54) is 27.9 Å². The Labute approximate surface area is 101 Å². The maximum atomic E-state index is 3.37. The van der Waals surface area contributed by atoms with E-state index in [2.05, 4.69) is 55.5 Å². The molecule has 16 heavy (non-hydrogen) atoms. The van der Waals surface area contributed by atoms with Crippen LogP contribution in [0.3, 0.4) is 0 Å². The Balaban J connectivity index is 2.45. The van der Waals surface area contributed by atoms with Crippen LogP contribution in [0.2, 0.25) is 0 Å². The number of rotatable bonds is 3. The average Bonchev–Trinajstić information content (AvgIpc) is 2.62. The molecule has 1 N–H and O–H groups in total. The SMILES string of the molecule is CSCc1[nH]cc(C)c1-c1ccc(C)cc1. The molecule has 1 aromatic heterocycles. The van der Waals surface area contributed by atoms with Crippen LogP contribution in [0, 0.1) is 13.8 Å². The van der Waals surface area contributed by atoms with E-state index in [0.29, 0.717) is 0 Å². The molecule has 84 valence electrons. The lowest BCUT2D eigenvalue weighted by Gasteiger charge is -2.05. The van der Waals surface area contributed by atoms with Crippen LogP contribution in [0.15, 0.2) is 30.5 Å². The van der Waals surface area contributed by atoms with Crippen LogP contribution in [0.25, 0.3) is 11.1 Å². The van der Waals surface area contributed by atoms with E-state index >= 15 is 0 Å². The van der Waals surface area contributed by atoms with Gasteiger partial charge in [-0.2, -0.15) is 11.8 Å². The van der Waals surface area contributed by atoms with Crippen LogP contribution >= 0.6 is 11.8 Å². The first kappa shape index (κ1) is 11.3. The second-order valence-corrected chi connectivity index (χ2v) is 4.99. The number of thioether (sulfide) groups is 1. The van der Waals surface area contributed by atoms with Crippen molar-refractivity contribution in [2.24, 2.45) is 0 Å². The first-order valence-electron chi connectivity index (χ1n) is 5.45. The molecule has 2 aromatic rings. The van der Waals surface area contributed by atoms with Crippen LogP contribution < -0.4 is 0 Å². The predicted molar refractivity (Wildman–Crippen MR) is 72.9 cm³/mol. The Kier molecular flexibility index (Phi) is 3.39. The Morgan fingerprint density at radius 3 is 2.44 bits per heavy atom. The van der Waals surface area contributed by atoms with Crippen LogP contribution in [-0.4, -0.2) is 11.2 Å². The van der Waals surface area contributed by atoms with Gasteiger partial charge in [0.1, 0.15) is 0 Å². The smallest absolute Gasteiger partial charge is 0.0339 e. The molecule has 0 aliphatic rings. The van der Waals surface area contributed by atoms with E-state index in [4.69, 9.17) is 0 Å². The van der Waals surface area contributed by atoms with Crippen molar-refractivity contribution in [2.75, 3.05) is 6.26 Å². The van der Waals surface area contributed by atoms with Gasteiger partial charge in [0.2, 0.25) is 0 Å². The molecule has 0 fully saturated rings. The standard InChI is InChI=1S/C14H17NS/c1-10-4-6-12(7-5-10)14-11(2)8-15-13(14)9-16-3/h4-8,15H,9H2,1-3H3. The van der Waals surface area contributed by atoms with E-state index in [1.54, 1.807) is 0 Å². The molecule has 0 aliphatic heterocycles. The molecular formula is C14H17NS. The number of aromatic amines is 1. The summed E-state index contributed by atoms with van der Waals surface area (Å²) in [5.74, 6) is 1.04. The summed E-state index contributed by atoms with van der Waals surface area (Å²) in [5.41, 5.74) is 6.65. The number of aromatic nitrogens is 1. The maximum absolute atomic E-state index is 3.37. The topological polar surface area (TPSA) is 15.8 Å². The molecule has 0 aliphatic carbocycles. The monoisotopic (exact) mass is 231 g/mol. The van der Waals surface area contributed by atoms with Gasteiger partial charge in [0.15, 0.2) is 0 Å². The fourth-order valence-corrected chi connectivity index (χ4v) is 2.47. The molecule has 0 atom stereocenters. The third kappa shape index (κ3) is 2.17. The summed E-state index contributed by atoms with van der Waals surface area (Å²) < 4.78 is 0. The molecule has 2 rings (SSSR count). The fraction of sp³-hybridized carbons (Fsp3) is 0.286. The highest BCUT2D eigenvalue weighted by Crippen LogP contribution is 2.29. The van der Waals surface area contributed by atoms with E-state index < -0.39 is 0 Å². The van der Waals surface area contributed by atoms with Crippen molar-refractivity contribution in [3.63, 3.8) is 0 Å². The van der Waals surface area contributed by atoms with Crippen LogP contribution in [0.1, 0.15) is 16.8 Å². The van der Waals surface area contributed by atoms with Gasteiger partial charge in [0, 0.05) is 23.2 Å². The number of hydrogen-bond donors (Lipinski definition) is 1. The molecule has 0 radical (unpaired) electrons. The van der Waals surface area contributed by atoms with Crippen LogP contribution in [0.4, 0.5) is 0 Å². The normalized spacial score (nSPS) is 10.7. The van der Waals surface area contributed by atoms with Gasteiger partial charge in [-0.05, 0) is 31.2 Å². The zero-order chi connectivity index (χ0) is 11.5. The highest BCUT2D eigenvalue weighted by molar-refractivity contribution is 7.97. The second kappa shape index (κ2) is 4.79. The minimum Gasteiger partial charge on any atom is -0.364 e. The predicted octanol–water partition coefficient (Wildman–Crippen LogP) is 4.16. The van der Waals surface area contributed by atoms with E-state index in [1.807, 2.05) is 11.8 Å². The van der Waals surface area contributed by atoms with Crippen LogP contribution in [0.5, 0.6) is 0 Å². The quantitative estimate of drug-likeness (QED) is 0.838. The number of H-pyrrole nitrogens is 1. The molecule has 1 nitrogen and oxygen atoms in total. The summed E-state index contributed by atoms with van der Waals surface area (Å²) in [7, 11) is 0. The molecule has 1 aromatic carbocycles. The van der Waals surface area contributed by atoms with Gasteiger partial charge in [-0.1, -0.05) is 29.8 Å². The highest BCUT2D eigenvalue weighted by Gasteiger charge is 2.09. The van der Waals surface area contributed by atoms with Gasteiger partial charge in [0.05, 0.1) is 0 Å². The molecular weight excluding hydrogens is 214 g/mol. The minimum atomic E-state index is 1.04. The molecule has 0 saturated carbocycles. The largest absolute Gasteiger partial charge is 0.364 e. The van der Waals surface area contributed by atoms with Gasteiger partial charge < -0.3 is 4.98 Å². The average molecular weight is 231 g/mol. The first-order valence-corrected chi connectivity index (χ1v) is 6.84. The van der Waals surface area contributed by atoms with Crippen molar-refractivity contribution in [1.82, 2.24) is 4.98 Å².